The third kappa shape index (κ3) is 5.31. The molecule has 24 heavy (non-hydrogen) atoms. The third-order valence-corrected chi connectivity index (χ3v) is 4.90. The van der Waals surface area contributed by atoms with Crippen molar-refractivity contribution in [2.75, 3.05) is 32.0 Å². The Morgan fingerprint density at radius 2 is 2.08 bits per heavy atom. The molecule has 0 bridgehead atoms. The van der Waals surface area contributed by atoms with Crippen molar-refractivity contribution in [1.29, 1.82) is 0 Å². The Morgan fingerprint density at radius 1 is 1.33 bits per heavy atom. The Morgan fingerprint density at radius 3 is 2.75 bits per heavy atom. The molecule has 1 aliphatic rings. The van der Waals surface area contributed by atoms with E-state index in [0.717, 1.165) is 35.1 Å². The predicted octanol–water partition coefficient (Wildman–Crippen LogP) is 3.03. The van der Waals surface area contributed by atoms with Gasteiger partial charge in [-0.1, -0.05) is 15.9 Å². The van der Waals surface area contributed by atoms with Crippen LogP contribution in [0, 0.1) is 6.92 Å². The SMILES string of the molecule is Cc1cc(Br)ccc1NC(=O)CN(C)CC(=O)N1CCCCC1C. The second kappa shape index (κ2) is 8.62. The zero-order chi connectivity index (χ0) is 17.7. The highest BCUT2D eigenvalue weighted by Crippen LogP contribution is 2.20. The molecular weight excluding hydrogens is 370 g/mol. The fraction of sp³-hybridized carbons (Fsp3) is 0.556. The topological polar surface area (TPSA) is 52.7 Å². The first kappa shape index (κ1) is 18.9. The summed E-state index contributed by atoms with van der Waals surface area (Å²) >= 11 is 3.41. The molecule has 1 unspecified atom stereocenters. The number of rotatable bonds is 5. The van der Waals surface area contributed by atoms with Gasteiger partial charge in [-0.2, -0.15) is 0 Å². The summed E-state index contributed by atoms with van der Waals surface area (Å²) in [5.74, 6) is -0.000243. The third-order valence-electron chi connectivity index (χ3n) is 4.40. The van der Waals surface area contributed by atoms with Crippen LogP contribution < -0.4 is 5.32 Å². The Bertz CT molecular complexity index is 606. The fourth-order valence-electron chi connectivity index (χ4n) is 3.05. The van der Waals surface area contributed by atoms with Crippen LogP contribution in [0.3, 0.4) is 0 Å². The van der Waals surface area contributed by atoms with Crippen LogP contribution in [0.4, 0.5) is 5.69 Å². The van der Waals surface area contributed by atoms with Gasteiger partial charge in [0.25, 0.3) is 0 Å². The molecule has 2 rings (SSSR count). The van der Waals surface area contributed by atoms with Gasteiger partial charge in [0.05, 0.1) is 13.1 Å². The number of carbonyl (C=O) groups is 2. The number of hydrogen-bond donors (Lipinski definition) is 1. The van der Waals surface area contributed by atoms with E-state index in [2.05, 4.69) is 28.2 Å². The van der Waals surface area contributed by atoms with Crippen LogP contribution in [0.2, 0.25) is 0 Å². The van der Waals surface area contributed by atoms with Crippen molar-refractivity contribution >= 4 is 33.4 Å². The normalized spacial score (nSPS) is 17.9. The van der Waals surface area contributed by atoms with Crippen LogP contribution in [0.15, 0.2) is 22.7 Å². The standard InChI is InChI=1S/C18H26BrN3O2/c1-13-10-15(19)7-8-16(13)20-17(23)11-21(3)12-18(24)22-9-5-4-6-14(22)2/h7-8,10,14H,4-6,9,11-12H2,1-3H3,(H,20,23). The first-order chi connectivity index (χ1) is 11.4. The highest BCUT2D eigenvalue weighted by Gasteiger charge is 2.24. The zero-order valence-corrected chi connectivity index (χ0v) is 16.2. The summed E-state index contributed by atoms with van der Waals surface area (Å²) in [6, 6.07) is 6.03. The van der Waals surface area contributed by atoms with Gasteiger partial charge < -0.3 is 10.2 Å². The number of nitrogens with zero attached hydrogens (tertiary/aromatic N) is 2. The Balaban J connectivity index is 1.83. The largest absolute Gasteiger partial charge is 0.339 e. The summed E-state index contributed by atoms with van der Waals surface area (Å²) in [7, 11) is 1.81. The van der Waals surface area contributed by atoms with Gasteiger partial charge in [-0.3, -0.25) is 14.5 Å². The lowest BCUT2D eigenvalue weighted by Crippen LogP contribution is -2.47. The summed E-state index contributed by atoms with van der Waals surface area (Å²) in [5, 5.41) is 2.90. The van der Waals surface area contributed by atoms with Gasteiger partial charge in [-0.05, 0) is 63.9 Å². The van der Waals surface area contributed by atoms with Gasteiger partial charge >= 0.3 is 0 Å². The molecular formula is C18H26BrN3O2. The molecule has 0 aliphatic carbocycles. The van der Waals surface area contributed by atoms with E-state index in [1.165, 1.54) is 6.42 Å². The first-order valence-electron chi connectivity index (χ1n) is 8.41. The molecule has 2 amide bonds. The molecule has 1 saturated heterocycles. The van der Waals surface area contributed by atoms with Crippen LogP contribution in [-0.4, -0.2) is 54.3 Å². The van der Waals surface area contributed by atoms with Crippen LogP contribution in [0.1, 0.15) is 31.7 Å². The predicted molar refractivity (Wildman–Crippen MR) is 100 cm³/mol. The monoisotopic (exact) mass is 395 g/mol. The first-order valence-corrected chi connectivity index (χ1v) is 9.20. The van der Waals surface area contributed by atoms with E-state index in [4.69, 9.17) is 0 Å². The molecule has 5 nitrogen and oxygen atoms in total. The number of benzene rings is 1. The number of halogens is 1. The number of piperidine rings is 1. The number of aryl methyl sites for hydroxylation is 1. The highest BCUT2D eigenvalue weighted by molar-refractivity contribution is 9.10. The van der Waals surface area contributed by atoms with E-state index in [9.17, 15) is 9.59 Å². The minimum atomic E-state index is -0.109. The smallest absolute Gasteiger partial charge is 0.238 e. The number of carbonyl (C=O) groups excluding carboxylic acids is 2. The van der Waals surface area contributed by atoms with Crippen molar-refractivity contribution in [1.82, 2.24) is 9.80 Å². The van der Waals surface area contributed by atoms with Crippen molar-refractivity contribution in [3.63, 3.8) is 0 Å². The maximum Gasteiger partial charge on any atom is 0.238 e. The Hall–Kier alpha value is -1.40. The quantitative estimate of drug-likeness (QED) is 0.833. The second-order valence-electron chi connectivity index (χ2n) is 6.61. The van der Waals surface area contributed by atoms with Crippen molar-refractivity contribution < 1.29 is 9.59 Å². The van der Waals surface area contributed by atoms with Gasteiger partial charge in [0.2, 0.25) is 11.8 Å². The molecule has 1 aliphatic heterocycles. The van der Waals surface area contributed by atoms with E-state index >= 15 is 0 Å². The van der Waals surface area contributed by atoms with Gasteiger partial charge in [0.15, 0.2) is 0 Å². The van der Waals surface area contributed by atoms with Crippen LogP contribution in [0.25, 0.3) is 0 Å². The molecule has 0 aromatic heterocycles. The van der Waals surface area contributed by atoms with Crippen LogP contribution in [0.5, 0.6) is 0 Å². The van der Waals surface area contributed by atoms with E-state index in [1.54, 1.807) is 11.9 Å². The number of nitrogens with one attached hydrogen (secondary N) is 1. The van der Waals surface area contributed by atoms with Gasteiger partial charge in [0, 0.05) is 22.7 Å². The summed E-state index contributed by atoms with van der Waals surface area (Å²) in [4.78, 5) is 28.3. The molecule has 132 valence electrons. The number of likely N-dealkylation sites (N-methyl/N-ethyl adjacent to an activating group) is 1. The van der Waals surface area contributed by atoms with E-state index in [-0.39, 0.29) is 24.9 Å². The summed E-state index contributed by atoms with van der Waals surface area (Å²) < 4.78 is 0.983. The van der Waals surface area contributed by atoms with E-state index in [1.807, 2.05) is 30.0 Å². The maximum atomic E-state index is 12.4. The second-order valence-corrected chi connectivity index (χ2v) is 7.53. The van der Waals surface area contributed by atoms with E-state index < -0.39 is 0 Å². The molecule has 6 heteroatoms. The number of anilines is 1. The molecule has 1 aromatic carbocycles. The Labute approximate surface area is 152 Å². The minimum absolute atomic E-state index is 0.109. The summed E-state index contributed by atoms with van der Waals surface area (Å²) in [6.45, 7) is 5.35. The lowest BCUT2D eigenvalue weighted by molar-refractivity contribution is -0.135. The molecule has 0 radical (unpaired) electrons. The van der Waals surface area contributed by atoms with Crippen molar-refractivity contribution in [3.05, 3.63) is 28.2 Å². The zero-order valence-electron chi connectivity index (χ0n) is 14.6. The number of amides is 2. The average molecular weight is 396 g/mol. The summed E-state index contributed by atoms with van der Waals surface area (Å²) in [6.07, 6.45) is 3.33. The van der Waals surface area contributed by atoms with Crippen LogP contribution in [-0.2, 0) is 9.59 Å². The molecule has 1 N–H and O–H groups in total. The maximum absolute atomic E-state index is 12.4. The molecule has 1 heterocycles. The van der Waals surface area contributed by atoms with Gasteiger partial charge in [-0.25, -0.2) is 0 Å². The number of likely N-dealkylation sites (tertiary alicyclic amines) is 1. The van der Waals surface area contributed by atoms with Crippen molar-refractivity contribution in [3.8, 4) is 0 Å². The number of hydrogen-bond acceptors (Lipinski definition) is 3. The lowest BCUT2D eigenvalue weighted by Gasteiger charge is -2.34. The fourth-order valence-corrected chi connectivity index (χ4v) is 3.52. The molecule has 1 atom stereocenters. The van der Waals surface area contributed by atoms with Crippen LogP contribution >= 0.6 is 15.9 Å². The van der Waals surface area contributed by atoms with E-state index in [0.29, 0.717) is 6.04 Å². The molecule has 1 aromatic rings. The van der Waals surface area contributed by atoms with Crippen molar-refractivity contribution in [2.45, 2.75) is 39.2 Å². The molecule has 1 fully saturated rings. The van der Waals surface area contributed by atoms with Crippen molar-refractivity contribution in [2.24, 2.45) is 0 Å². The molecule has 0 saturated carbocycles. The Kier molecular flexibility index (Phi) is 6.80. The average Bonchev–Trinajstić information content (AvgIpc) is 2.50. The summed E-state index contributed by atoms with van der Waals surface area (Å²) in [5.41, 5.74) is 1.80. The highest BCUT2D eigenvalue weighted by atomic mass is 79.9. The lowest BCUT2D eigenvalue weighted by atomic mass is 10.0. The van der Waals surface area contributed by atoms with Gasteiger partial charge in [0.1, 0.15) is 0 Å². The minimum Gasteiger partial charge on any atom is -0.339 e. The van der Waals surface area contributed by atoms with Gasteiger partial charge in [-0.15, -0.1) is 0 Å². The molecule has 0 spiro atoms.